The Morgan fingerprint density at radius 1 is 0.795 bits per heavy atom. The van der Waals surface area contributed by atoms with Crippen molar-refractivity contribution >= 4 is 28.6 Å². The van der Waals surface area contributed by atoms with Crippen LogP contribution in [0.4, 0.5) is 11.8 Å². The van der Waals surface area contributed by atoms with E-state index in [2.05, 4.69) is 47.0 Å². The average molecular weight is 522 g/mol. The van der Waals surface area contributed by atoms with E-state index in [4.69, 9.17) is 9.97 Å². The molecular weight excluding hydrogens is 482 g/mol. The smallest absolute Gasteiger partial charge is 0.251 e. The number of carbonyl (C=O) groups is 1. The fourth-order valence-corrected chi connectivity index (χ4v) is 5.57. The third kappa shape index (κ3) is 6.94. The van der Waals surface area contributed by atoms with E-state index in [0.717, 1.165) is 79.5 Å². The Labute approximate surface area is 231 Å². The summed E-state index contributed by atoms with van der Waals surface area (Å²) in [5, 5.41) is 7.80. The molecule has 3 aromatic carbocycles. The minimum Gasteiger partial charge on any atom is -0.362 e. The molecule has 0 saturated heterocycles. The zero-order valence-electron chi connectivity index (χ0n) is 23.1. The molecule has 1 aliphatic carbocycles. The number of hydrogen-bond acceptors (Lipinski definition) is 5. The van der Waals surface area contributed by atoms with Crippen LogP contribution in [-0.2, 0) is 12.8 Å². The van der Waals surface area contributed by atoms with Gasteiger partial charge in [0.2, 0.25) is 5.95 Å². The van der Waals surface area contributed by atoms with Crippen LogP contribution >= 0.6 is 0 Å². The quantitative estimate of drug-likeness (QED) is 0.263. The summed E-state index contributed by atoms with van der Waals surface area (Å²) < 4.78 is 0. The van der Waals surface area contributed by atoms with Gasteiger partial charge in [0.1, 0.15) is 5.82 Å². The summed E-state index contributed by atoms with van der Waals surface area (Å²) in [5.74, 6) is 2.79. The number of hydrogen-bond donors (Lipinski definition) is 2. The van der Waals surface area contributed by atoms with Crippen LogP contribution in [0.3, 0.4) is 0 Å². The highest BCUT2D eigenvalue weighted by Crippen LogP contribution is 2.29. The van der Waals surface area contributed by atoms with Crippen LogP contribution in [-0.4, -0.2) is 43.1 Å². The predicted molar refractivity (Wildman–Crippen MR) is 160 cm³/mol. The van der Waals surface area contributed by atoms with Crippen molar-refractivity contribution in [1.29, 1.82) is 0 Å². The minimum atomic E-state index is 0.0487. The summed E-state index contributed by atoms with van der Waals surface area (Å²) in [6.45, 7) is 1.62. The molecule has 5 rings (SSSR count). The van der Waals surface area contributed by atoms with Crippen molar-refractivity contribution in [2.45, 2.75) is 38.5 Å². The number of fused-ring (bicyclic) bond motifs is 1. The highest BCUT2D eigenvalue weighted by atomic mass is 16.1. The molecule has 0 radical (unpaired) electrons. The molecule has 0 aliphatic heterocycles. The first-order valence-corrected chi connectivity index (χ1v) is 14.1. The molecule has 202 valence electrons. The largest absolute Gasteiger partial charge is 0.362 e. The van der Waals surface area contributed by atoms with Gasteiger partial charge in [-0.3, -0.25) is 4.79 Å². The molecule has 1 aliphatic rings. The maximum Gasteiger partial charge on any atom is 0.251 e. The van der Waals surface area contributed by atoms with Crippen molar-refractivity contribution < 1.29 is 4.79 Å². The molecule has 0 unspecified atom stereocenters. The zero-order valence-corrected chi connectivity index (χ0v) is 23.1. The van der Waals surface area contributed by atoms with Crippen LogP contribution in [0, 0.1) is 11.8 Å². The number of carbonyl (C=O) groups excluding carboxylic acids is 1. The molecular formula is C33H39N5O. The number of anilines is 2. The summed E-state index contributed by atoms with van der Waals surface area (Å²) in [7, 11) is 4.03. The second kappa shape index (κ2) is 12.7. The lowest BCUT2D eigenvalue weighted by Crippen LogP contribution is -2.32. The van der Waals surface area contributed by atoms with Gasteiger partial charge in [-0.1, -0.05) is 60.7 Å². The third-order valence-electron chi connectivity index (χ3n) is 7.86. The molecule has 0 spiro atoms. The van der Waals surface area contributed by atoms with E-state index in [-0.39, 0.29) is 5.91 Å². The summed E-state index contributed by atoms with van der Waals surface area (Å²) >= 11 is 0. The van der Waals surface area contributed by atoms with E-state index in [9.17, 15) is 4.79 Å². The first-order chi connectivity index (χ1) is 19.1. The summed E-state index contributed by atoms with van der Waals surface area (Å²) in [4.78, 5) is 24.6. The highest BCUT2D eigenvalue weighted by molar-refractivity contribution is 5.95. The van der Waals surface area contributed by atoms with Crippen LogP contribution < -0.4 is 15.5 Å². The number of aromatic nitrogens is 2. The van der Waals surface area contributed by atoms with Crippen molar-refractivity contribution in [3.63, 3.8) is 0 Å². The molecule has 1 aromatic heterocycles. The molecule has 1 heterocycles. The maximum atomic E-state index is 13.1. The lowest BCUT2D eigenvalue weighted by atomic mass is 9.82. The van der Waals surface area contributed by atoms with Gasteiger partial charge < -0.3 is 15.5 Å². The molecule has 39 heavy (non-hydrogen) atoms. The fourth-order valence-electron chi connectivity index (χ4n) is 5.57. The van der Waals surface area contributed by atoms with Gasteiger partial charge in [-0.15, -0.1) is 0 Å². The van der Waals surface area contributed by atoms with Crippen molar-refractivity contribution in [2.24, 2.45) is 11.8 Å². The molecule has 0 bridgehead atoms. The van der Waals surface area contributed by atoms with Gasteiger partial charge in [0, 0.05) is 38.1 Å². The van der Waals surface area contributed by atoms with Gasteiger partial charge in [0.05, 0.1) is 5.52 Å². The van der Waals surface area contributed by atoms with Gasteiger partial charge >= 0.3 is 0 Å². The SMILES string of the molecule is CN(C)c1nc(NCC2CCC(CNC(=O)c3ccccc3CCc3ccccc3)CC2)nc2ccccc12. The Bertz CT molecular complexity index is 1380. The molecule has 4 aromatic rings. The molecule has 6 heteroatoms. The lowest BCUT2D eigenvalue weighted by molar-refractivity contribution is 0.0940. The molecule has 1 amide bonds. The molecule has 2 N–H and O–H groups in total. The Balaban J connectivity index is 1.09. The highest BCUT2D eigenvalue weighted by Gasteiger charge is 2.22. The second-order valence-electron chi connectivity index (χ2n) is 10.9. The normalized spacial score (nSPS) is 17.1. The summed E-state index contributed by atoms with van der Waals surface area (Å²) in [6.07, 6.45) is 6.35. The van der Waals surface area contributed by atoms with Gasteiger partial charge in [-0.2, -0.15) is 4.98 Å². The molecule has 0 atom stereocenters. The summed E-state index contributed by atoms with van der Waals surface area (Å²) in [6, 6.07) is 26.6. The van der Waals surface area contributed by atoms with E-state index in [1.54, 1.807) is 0 Å². The van der Waals surface area contributed by atoms with Crippen LogP contribution in [0.25, 0.3) is 10.9 Å². The molecule has 6 nitrogen and oxygen atoms in total. The fraction of sp³-hybridized carbons (Fsp3) is 0.364. The number of para-hydroxylation sites is 1. The number of benzene rings is 3. The van der Waals surface area contributed by atoms with Gasteiger partial charge in [-0.05, 0) is 79.7 Å². The number of nitrogens with zero attached hydrogens (tertiary/aromatic N) is 3. The van der Waals surface area contributed by atoms with Gasteiger partial charge in [0.25, 0.3) is 5.91 Å². The maximum absolute atomic E-state index is 13.1. The van der Waals surface area contributed by atoms with Crippen molar-refractivity contribution in [1.82, 2.24) is 15.3 Å². The summed E-state index contributed by atoms with van der Waals surface area (Å²) in [5.41, 5.74) is 4.17. The second-order valence-corrected chi connectivity index (χ2v) is 10.9. The van der Waals surface area contributed by atoms with Crippen molar-refractivity contribution in [2.75, 3.05) is 37.4 Å². The van der Waals surface area contributed by atoms with E-state index in [1.165, 1.54) is 5.56 Å². The standard InChI is InChI=1S/C33H39N5O/c1-38(2)31-29-14-8-9-15-30(29)36-33(37-31)35-23-26-18-16-25(17-19-26)22-34-32(39)28-13-7-6-12-27(28)21-20-24-10-4-3-5-11-24/h3-15,25-26H,16-23H2,1-2H3,(H,34,39)(H,35,36,37). The third-order valence-corrected chi connectivity index (χ3v) is 7.86. The van der Waals surface area contributed by atoms with Crippen LogP contribution in [0.1, 0.15) is 47.2 Å². The first kappa shape index (κ1) is 26.7. The van der Waals surface area contributed by atoms with E-state index < -0.39 is 0 Å². The van der Waals surface area contributed by atoms with Crippen molar-refractivity contribution in [3.05, 3.63) is 95.6 Å². The topological polar surface area (TPSA) is 70.2 Å². The number of nitrogens with one attached hydrogen (secondary N) is 2. The van der Waals surface area contributed by atoms with Crippen LogP contribution in [0.15, 0.2) is 78.9 Å². The first-order valence-electron chi connectivity index (χ1n) is 14.1. The van der Waals surface area contributed by atoms with Gasteiger partial charge in [0.15, 0.2) is 0 Å². The minimum absolute atomic E-state index is 0.0487. The van der Waals surface area contributed by atoms with E-state index in [0.29, 0.717) is 17.8 Å². The number of aryl methyl sites for hydroxylation is 2. The average Bonchev–Trinajstić information content (AvgIpc) is 2.98. The van der Waals surface area contributed by atoms with Crippen LogP contribution in [0.2, 0.25) is 0 Å². The van der Waals surface area contributed by atoms with E-state index in [1.807, 2.05) is 61.5 Å². The van der Waals surface area contributed by atoms with Crippen molar-refractivity contribution in [3.8, 4) is 0 Å². The monoisotopic (exact) mass is 521 g/mol. The lowest BCUT2D eigenvalue weighted by Gasteiger charge is -2.29. The predicted octanol–water partition coefficient (Wildman–Crippen LogP) is 6.13. The zero-order chi connectivity index (χ0) is 27.0. The van der Waals surface area contributed by atoms with E-state index >= 15 is 0 Å². The molecule has 1 fully saturated rings. The molecule has 1 saturated carbocycles. The Kier molecular flexibility index (Phi) is 8.71. The number of amides is 1. The Morgan fingerprint density at radius 2 is 1.46 bits per heavy atom. The Hall–Kier alpha value is -3.93. The number of rotatable bonds is 10. The van der Waals surface area contributed by atoms with Crippen LogP contribution in [0.5, 0.6) is 0 Å². The van der Waals surface area contributed by atoms with Gasteiger partial charge in [-0.25, -0.2) is 4.98 Å². The Morgan fingerprint density at radius 3 is 2.23 bits per heavy atom.